The lowest BCUT2D eigenvalue weighted by Crippen LogP contribution is -2.51. The molecule has 0 aliphatic heterocycles. The molecule has 2 amide bonds. The van der Waals surface area contributed by atoms with Crippen LogP contribution in [0.25, 0.3) is 0 Å². The fourth-order valence-corrected chi connectivity index (χ4v) is 1.91. The van der Waals surface area contributed by atoms with Crippen molar-refractivity contribution in [2.45, 2.75) is 13.0 Å². The molecule has 0 aromatic heterocycles. The van der Waals surface area contributed by atoms with E-state index >= 15 is 0 Å². The number of primary amides is 1. The summed E-state index contributed by atoms with van der Waals surface area (Å²) in [7, 11) is 1.58. The van der Waals surface area contributed by atoms with E-state index in [1.54, 1.807) is 25.3 Å². The quantitative estimate of drug-likeness (QED) is 0.398. The second-order valence-electron chi connectivity index (χ2n) is 4.65. The van der Waals surface area contributed by atoms with Crippen LogP contribution in [0.1, 0.15) is 17.3 Å². The van der Waals surface area contributed by atoms with Crippen molar-refractivity contribution < 1.29 is 19.1 Å². The Morgan fingerprint density at radius 1 is 1.30 bits per heavy atom. The van der Waals surface area contributed by atoms with Crippen molar-refractivity contribution in [3.8, 4) is 5.75 Å². The average Bonchev–Trinajstić information content (AvgIpc) is 2.51. The van der Waals surface area contributed by atoms with Crippen LogP contribution >= 0.6 is 12.2 Å². The number of para-hydroxylation sites is 1. The number of nitrogens with one attached hydrogen (secondary N) is 3. The van der Waals surface area contributed by atoms with Gasteiger partial charge in [0.1, 0.15) is 5.75 Å². The SMILES string of the molecule is COC[C@@H](C)NC(=S)NNC(=O)COc1ccccc1C(N)=O. The van der Waals surface area contributed by atoms with Gasteiger partial charge in [-0.3, -0.25) is 20.4 Å². The number of rotatable bonds is 7. The van der Waals surface area contributed by atoms with E-state index in [4.69, 9.17) is 27.4 Å². The molecule has 23 heavy (non-hydrogen) atoms. The number of carbonyl (C=O) groups is 2. The summed E-state index contributed by atoms with van der Waals surface area (Å²) in [4.78, 5) is 22.9. The van der Waals surface area contributed by atoms with Gasteiger partial charge in [0, 0.05) is 13.2 Å². The second kappa shape index (κ2) is 9.59. The van der Waals surface area contributed by atoms with Gasteiger partial charge in [0.15, 0.2) is 11.7 Å². The third-order valence-electron chi connectivity index (χ3n) is 2.62. The summed E-state index contributed by atoms with van der Waals surface area (Å²) in [5.41, 5.74) is 10.3. The van der Waals surface area contributed by atoms with Gasteiger partial charge in [0.25, 0.3) is 11.8 Å². The number of methoxy groups -OCH3 is 1. The summed E-state index contributed by atoms with van der Waals surface area (Å²) in [6, 6.07) is 6.40. The maximum Gasteiger partial charge on any atom is 0.276 e. The Morgan fingerprint density at radius 2 is 2.00 bits per heavy atom. The van der Waals surface area contributed by atoms with Gasteiger partial charge < -0.3 is 20.5 Å². The van der Waals surface area contributed by atoms with Crippen LogP contribution in [0, 0.1) is 0 Å². The molecule has 0 bridgehead atoms. The third-order valence-corrected chi connectivity index (χ3v) is 2.84. The molecule has 8 nitrogen and oxygen atoms in total. The van der Waals surface area contributed by atoms with Crippen LogP contribution in [0.3, 0.4) is 0 Å². The van der Waals surface area contributed by atoms with Crippen molar-refractivity contribution in [3.63, 3.8) is 0 Å². The van der Waals surface area contributed by atoms with Crippen LogP contribution in [-0.2, 0) is 9.53 Å². The van der Waals surface area contributed by atoms with E-state index in [0.717, 1.165) is 0 Å². The van der Waals surface area contributed by atoms with Crippen molar-refractivity contribution in [1.82, 2.24) is 16.2 Å². The molecule has 0 aliphatic carbocycles. The van der Waals surface area contributed by atoms with Crippen LogP contribution in [0.15, 0.2) is 24.3 Å². The fourth-order valence-electron chi connectivity index (χ4n) is 1.65. The topological polar surface area (TPSA) is 115 Å². The summed E-state index contributed by atoms with van der Waals surface area (Å²) in [6.07, 6.45) is 0. The normalized spacial score (nSPS) is 11.2. The predicted molar refractivity (Wildman–Crippen MR) is 88.8 cm³/mol. The number of hydrazine groups is 1. The van der Waals surface area contributed by atoms with Crippen molar-refractivity contribution >= 4 is 29.1 Å². The molecule has 0 radical (unpaired) electrons. The monoisotopic (exact) mass is 340 g/mol. The zero-order valence-electron chi connectivity index (χ0n) is 12.9. The second-order valence-corrected chi connectivity index (χ2v) is 5.06. The first-order valence-corrected chi connectivity index (χ1v) is 7.20. The molecule has 0 fully saturated rings. The Hall–Kier alpha value is -2.39. The van der Waals surface area contributed by atoms with Crippen LogP contribution in [-0.4, -0.2) is 43.3 Å². The van der Waals surface area contributed by atoms with E-state index in [-0.39, 0.29) is 29.1 Å². The lowest BCUT2D eigenvalue weighted by molar-refractivity contribution is -0.123. The van der Waals surface area contributed by atoms with Gasteiger partial charge in [-0.2, -0.15) is 0 Å². The average molecular weight is 340 g/mol. The minimum absolute atomic E-state index is 0.00408. The molecule has 0 unspecified atom stereocenters. The molecule has 9 heteroatoms. The summed E-state index contributed by atoms with van der Waals surface area (Å²) in [6.45, 7) is 2.06. The van der Waals surface area contributed by atoms with Crippen LogP contribution in [0.2, 0.25) is 0 Å². The number of ether oxygens (including phenoxy) is 2. The minimum Gasteiger partial charge on any atom is -0.483 e. The molecule has 0 heterocycles. The van der Waals surface area contributed by atoms with Crippen LogP contribution in [0.5, 0.6) is 5.75 Å². The molecule has 0 saturated heterocycles. The lowest BCUT2D eigenvalue weighted by atomic mass is 10.2. The molecular formula is C14H20N4O4S. The predicted octanol–water partition coefficient (Wildman–Crippen LogP) is -0.305. The van der Waals surface area contributed by atoms with Crippen LogP contribution < -0.4 is 26.6 Å². The Balaban J connectivity index is 2.38. The van der Waals surface area contributed by atoms with Gasteiger partial charge in [-0.05, 0) is 31.3 Å². The van der Waals surface area contributed by atoms with Gasteiger partial charge in [-0.1, -0.05) is 12.1 Å². The minimum atomic E-state index is -0.628. The Kier molecular flexibility index (Phi) is 7.78. The molecule has 1 atom stereocenters. The first-order chi connectivity index (χ1) is 10.9. The third kappa shape index (κ3) is 6.94. The van der Waals surface area contributed by atoms with Gasteiger partial charge in [0.2, 0.25) is 0 Å². The van der Waals surface area contributed by atoms with E-state index in [0.29, 0.717) is 6.61 Å². The number of nitrogens with two attached hydrogens (primary N) is 1. The van der Waals surface area contributed by atoms with Gasteiger partial charge in [-0.25, -0.2) is 0 Å². The summed E-state index contributed by atoms with van der Waals surface area (Å²) in [5.74, 6) is -0.853. The Morgan fingerprint density at radius 3 is 2.65 bits per heavy atom. The van der Waals surface area contributed by atoms with E-state index in [9.17, 15) is 9.59 Å². The van der Waals surface area contributed by atoms with Gasteiger partial charge >= 0.3 is 0 Å². The first kappa shape index (κ1) is 18.7. The molecule has 126 valence electrons. The Labute approximate surface area is 139 Å². The molecular weight excluding hydrogens is 320 g/mol. The molecule has 5 N–H and O–H groups in total. The van der Waals surface area contributed by atoms with E-state index < -0.39 is 11.8 Å². The number of carbonyl (C=O) groups excluding carboxylic acids is 2. The van der Waals surface area contributed by atoms with Crippen molar-refractivity contribution in [2.24, 2.45) is 5.73 Å². The van der Waals surface area contributed by atoms with E-state index in [1.807, 2.05) is 6.92 Å². The molecule has 0 aliphatic rings. The highest BCUT2D eigenvalue weighted by Crippen LogP contribution is 2.16. The van der Waals surface area contributed by atoms with Crippen molar-refractivity contribution in [2.75, 3.05) is 20.3 Å². The highest BCUT2D eigenvalue weighted by Gasteiger charge is 2.10. The molecule has 0 spiro atoms. The van der Waals surface area contributed by atoms with E-state index in [2.05, 4.69) is 16.2 Å². The van der Waals surface area contributed by atoms with Crippen molar-refractivity contribution in [3.05, 3.63) is 29.8 Å². The number of thiocarbonyl (C=S) groups is 1. The smallest absolute Gasteiger partial charge is 0.276 e. The number of benzene rings is 1. The highest BCUT2D eigenvalue weighted by atomic mass is 32.1. The summed E-state index contributed by atoms with van der Waals surface area (Å²) >= 11 is 5.00. The number of hydrogen-bond donors (Lipinski definition) is 4. The first-order valence-electron chi connectivity index (χ1n) is 6.80. The molecule has 1 aromatic rings. The maximum absolute atomic E-state index is 11.7. The zero-order chi connectivity index (χ0) is 17.2. The zero-order valence-corrected chi connectivity index (χ0v) is 13.7. The highest BCUT2D eigenvalue weighted by molar-refractivity contribution is 7.80. The molecule has 1 aromatic carbocycles. The maximum atomic E-state index is 11.7. The Bertz CT molecular complexity index is 567. The lowest BCUT2D eigenvalue weighted by Gasteiger charge is -2.16. The van der Waals surface area contributed by atoms with E-state index in [1.165, 1.54) is 6.07 Å². The fraction of sp³-hybridized carbons (Fsp3) is 0.357. The standard InChI is InChI=1S/C14H20N4O4S/c1-9(7-21-2)16-14(23)18-17-12(19)8-22-11-6-4-3-5-10(11)13(15)20/h3-6,9H,7-8H2,1-2H3,(H2,15,20)(H,17,19)(H2,16,18,23)/t9-/m1/s1. The van der Waals surface area contributed by atoms with Gasteiger partial charge in [0.05, 0.1) is 12.2 Å². The van der Waals surface area contributed by atoms with Crippen LogP contribution in [0.4, 0.5) is 0 Å². The summed E-state index contributed by atoms with van der Waals surface area (Å²) in [5, 5.41) is 3.16. The van der Waals surface area contributed by atoms with Crippen molar-refractivity contribution in [1.29, 1.82) is 0 Å². The van der Waals surface area contributed by atoms with Gasteiger partial charge in [-0.15, -0.1) is 0 Å². The molecule has 1 rings (SSSR count). The largest absolute Gasteiger partial charge is 0.483 e. The number of amides is 2. The number of hydrogen-bond acceptors (Lipinski definition) is 5. The molecule has 0 saturated carbocycles. The summed E-state index contributed by atoms with van der Waals surface area (Å²) < 4.78 is 10.2.